The third-order valence-corrected chi connectivity index (χ3v) is 5.60. The number of benzene rings is 3. The van der Waals surface area contributed by atoms with Gasteiger partial charge in [-0.05, 0) is 55.5 Å². The van der Waals surface area contributed by atoms with Crippen molar-refractivity contribution in [1.82, 2.24) is 4.98 Å². The predicted octanol–water partition coefficient (Wildman–Crippen LogP) is 5.76. The summed E-state index contributed by atoms with van der Waals surface area (Å²) in [5, 5.41) is 3.80. The highest BCUT2D eigenvalue weighted by Gasteiger charge is 2.22. The Balaban J connectivity index is 1.64. The molecule has 8 heteroatoms. The van der Waals surface area contributed by atoms with Crippen LogP contribution < -0.4 is 14.8 Å². The lowest BCUT2D eigenvalue weighted by Crippen LogP contribution is -2.30. The van der Waals surface area contributed by atoms with Gasteiger partial charge in [0, 0.05) is 21.7 Å². The minimum Gasteiger partial charge on any atom is -0.493 e. The zero-order valence-electron chi connectivity index (χ0n) is 19.4. The lowest BCUT2D eigenvalue weighted by molar-refractivity contribution is -0.123. The lowest BCUT2D eigenvalue weighted by Gasteiger charge is -2.15. The van der Waals surface area contributed by atoms with Crippen LogP contribution in [-0.4, -0.2) is 37.2 Å². The summed E-state index contributed by atoms with van der Waals surface area (Å²) in [6.45, 7) is 1.51. The molecule has 35 heavy (non-hydrogen) atoms. The molecule has 4 rings (SSSR count). The molecule has 0 aliphatic rings. The van der Waals surface area contributed by atoms with E-state index in [9.17, 15) is 9.59 Å². The molecule has 1 heterocycles. The van der Waals surface area contributed by atoms with Crippen LogP contribution in [0.15, 0.2) is 72.8 Å². The Hall–Kier alpha value is -4.10. The molecule has 0 aliphatic carbocycles. The summed E-state index contributed by atoms with van der Waals surface area (Å²) in [6.07, 6.45) is -1.04. The number of halogens is 1. The number of ether oxygens (including phenoxy) is 3. The van der Waals surface area contributed by atoms with Crippen LogP contribution in [0.2, 0.25) is 5.02 Å². The van der Waals surface area contributed by atoms with Crippen LogP contribution in [0.3, 0.4) is 0 Å². The number of fused-ring (bicyclic) bond motifs is 1. The maximum atomic E-state index is 13.2. The van der Waals surface area contributed by atoms with Crippen molar-refractivity contribution in [2.45, 2.75) is 13.0 Å². The van der Waals surface area contributed by atoms with Crippen molar-refractivity contribution in [3.8, 4) is 22.8 Å². The standard InChI is InChI=1S/C27H23ClN2O5/c1-16(26(31)29-19-8-6-7-18(28)14-19)35-27(32)21-15-23(30-22-10-5-4-9-20(21)22)17-11-12-24(33-2)25(13-17)34-3/h4-16H,1-3H3,(H,29,31). The van der Waals surface area contributed by atoms with Crippen molar-refractivity contribution in [2.75, 3.05) is 19.5 Å². The van der Waals surface area contributed by atoms with Gasteiger partial charge < -0.3 is 19.5 Å². The fourth-order valence-electron chi connectivity index (χ4n) is 3.58. The number of methoxy groups -OCH3 is 2. The molecular formula is C27H23ClN2O5. The third kappa shape index (κ3) is 5.36. The number of carbonyl (C=O) groups excluding carboxylic acids is 2. The molecule has 7 nitrogen and oxygen atoms in total. The van der Waals surface area contributed by atoms with Crippen LogP contribution in [0.4, 0.5) is 5.69 Å². The third-order valence-electron chi connectivity index (χ3n) is 5.36. The Morgan fingerprint density at radius 1 is 0.914 bits per heavy atom. The minimum atomic E-state index is -1.04. The predicted molar refractivity (Wildman–Crippen MR) is 135 cm³/mol. The fraction of sp³-hybridized carbons (Fsp3) is 0.148. The number of anilines is 1. The normalized spacial score (nSPS) is 11.5. The summed E-state index contributed by atoms with van der Waals surface area (Å²) in [6, 6.07) is 21.0. The van der Waals surface area contributed by atoms with Gasteiger partial charge in [0.05, 0.1) is 31.0 Å². The van der Waals surface area contributed by atoms with Crippen LogP contribution in [0, 0.1) is 0 Å². The van der Waals surface area contributed by atoms with Gasteiger partial charge >= 0.3 is 5.97 Å². The van der Waals surface area contributed by atoms with E-state index in [-0.39, 0.29) is 0 Å². The number of nitrogens with zero attached hydrogens (tertiary/aromatic N) is 1. The monoisotopic (exact) mass is 490 g/mol. The van der Waals surface area contributed by atoms with Crippen molar-refractivity contribution >= 4 is 40.1 Å². The van der Waals surface area contributed by atoms with E-state index in [0.29, 0.717) is 44.4 Å². The molecule has 1 amide bonds. The molecular weight excluding hydrogens is 468 g/mol. The molecule has 0 spiro atoms. The Morgan fingerprint density at radius 2 is 1.69 bits per heavy atom. The second kappa shape index (κ2) is 10.4. The molecule has 0 saturated heterocycles. The molecule has 0 fully saturated rings. The first-order chi connectivity index (χ1) is 16.9. The number of hydrogen-bond acceptors (Lipinski definition) is 6. The highest BCUT2D eigenvalue weighted by Crippen LogP contribution is 2.33. The van der Waals surface area contributed by atoms with Crippen LogP contribution in [-0.2, 0) is 9.53 Å². The van der Waals surface area contributed by atoms with E-state index in [1.807, 2.05) is 24.3 Å². The van der Waals surface area contributed by atoms with E-state index in [4.69, 9.17) is 30.8 Å². The van der Waals surface area contributed by atoms with Gasteiger partial charge in [-0.3, -0.25) is 4.79 Å². The second-order valence-corrected chi connectivity index (χ2v) is 8.13. The second-order valence-electron chi connectivity index (χ2n) is 7.69. The molecule has 1 atom stereocenters. The topological polar surface area (TPSA) is 86.8 Å². The number of nitrogens with one attached hydrogen (secondary N) is 1. The van der Waals surface area contributed by atoms with Crippen molar-refractivity contribution in [3.63, 3.8) is 0 Å². The molecule has 1 aromatic heterocycles. The number of carbonyl (C=O) groups is 2. The largest absolute Gasteiger partial charge is 0.493 e. The summed E-state index contributed by atoms with van der Waals surface area (Å²) >= 11 is 5.97. The van der Waals surface area contributed by atoms with Gasteiger partial charge in [-0.25, -0.2) is 9.78 Å². The van der Waals surface area contributed by atoms with Crippen molar-refractivity contribution < 1.29 is 23.8 Å². The number of amides is 1. The van der Waals surface area contributed by atoms with E-state index in [1.54, 1.807) is 62.8 Å². The van der Waals surface area contributed by atoms with Gasteiger partial charge in [0.15, 0.2) is 17.6 Å². The highest BCUT2D eigenvalue weighted by molar-refractivity contribution is 6.30. The average Bonchev–Trinajstić information content (AvgIpc) is 2.87. The van der Waals surface area contributed by atoms with E-state index >= 15 is 0 Å². The Bertz CT molecular complexity index is 1410. The summed E-state index contributed by atoms with van der Waals surface area (Å²) in [5.41, 5.74) is 2.70. The number of esters is 1. The minimum absolute atomic E-state index is 0.294. The average molecular weight is 491 g/mol. The first-order valence-electron chi connectivity index (χ1n) is 10.8. The van der Waals surface area contributed by atoms with Crippen LogP contribution in [0.1, 0.15) is 17.3 Å². The smallest absolute Gasteiger partial charge is 0.339 e. The van der Waals surface area contributed by atoms with E-state index in [2.05, 4.69) is 5.32 Å². The van der Waals surface area contributed by atoms with Crippen LogP contribution in [0.25, 0.3) is 22.2 Å². The Labute approximate surface area is 207 Å². The number of para-hydroxylation sites is 1. The molecule has 1 N–H and O–H groups in total. The maximum absolute atomic E-state index is 13.2. The molecule has 0 radical (unpaired) electrons. The van der Waals surface area contributed by atoms with Gasteiger partial charge in [0.1, 0.15) is 0 Å². The summed E-state index contributed by atoms with van der Waals surface area (Å²) in [7, 11) is 3.11. The zero-order chi connectivity index (χ0) is 24.9. The SMILES string of the molecule is COc1ccc(-c2cc(C(=O)OC(C)C(=O)Nc3cccc(Cl)c3)c3ccccc3n2)cc1OC. The van der Waals surface area contributed by atoms with Gasteiger partial charge in [-0.1, -0.05) is 35.9 Å². The van der Waals surface area contributed by atoms with E-state index < -0.39 is 18.0 Å². The van der Waals surface area contributed by atoms with Gasteiger partial charge in [0.25, 0.3) is 5.91 Å². The zero-order valence-corrected chi connectivity index (χ0v) is 20.1. The number of hydrogen-bond donors (Lipinski definition) is 1. The number of pyridine rings is 1. The first kappa shape index (κ1) is 24.0. The van der Waals surface area contributed by atoms with Crippen molar-refractivity contribution in [1.29, 1.82) is 0 Å². The quantitative estimate of drug-likeness (QED) is 0.332. The molecule has 0 saturated carbocycles. The molecule has 4 aromatic rings. The lowest BCUT2D eigenvalue weighted by atomic mass is 10.0. The maximum Gasteiger partial charge on any atom is 0.339 e. The van der Waals surface area contributed by atoms with Crippen LogP contribution in [0.5, 0.6) is 11.5 Å². The molecule has 0 aliphatic heterocycles. The molecule has 178 valence electrons. The van der Waals surface area contributed by atoms with E-state index in [0.717, 1.165) is 5.56 Å². The van der Waals surface area contributed by atoms with Gasteiger partial charge in [-0.2, -0.15) is 0 Å². The number of rotatable bonds is 7. The highest BCUT2D eigenvalue weighted by atomic mass is 35.5. The first-order valence-corrected chi connectivity index (χ1v) is 11.2. The van der Waals surface area contributed by atoms with E-state index in [1.165, 1.54) is 6.92 Å². The summed E-state index contributed by atoms with van der Waals surface area (Å²) < 4.78 is 16.2. The fourth-order valence-corrected chi connectivity index (χ4v) is 3.77. The Morgan fingerprint density at radius 3 is 2.43 bits per heavy atom. The van der Waals surface area contributed by atoms with Gasteiger partial charge in [-0.15, -0.1) is 0 Å². The van der Waals surface area contributed by atoms with Crippen LogP contribution >= 0.6 is 11.6 Å². The summed E-state index contributed by atoms with van der Waals surface area (Å²) in [4.78, 5) is 30.5. The van der Waals surface area contributed by atoms with Crippen molar-refractivity contribution in [3.05, 3.63) is 83.4 Å². The van der Waals surface area contributed by atoms with Gasteiger partial charge in [0.2, 0.25) is 0 Å². The van der Waals surface area contributed by atoms with Crippen molar-refractivity contribution in [2.24, 2.45) is 0 Å². The Kier molecular flexibility index (Phi) is 7.17. The molecule has 3 aromatic carbocycles. The number of aromatic nitrogens is 1. The summed E-state index contributed by atoms with van der Waals surface area (Å²) in [5.74, 6) is 0.00442. The molecule has 1 unspecified atom stereocenters. The molecule has 0 bridgehead atoms.